The normalized spacial score (nSPS) is 18.6. The van der Waals surface area contributed by atoms with Gasteiger partial charge >= 0.3 is 0 Å². The number of halogens is 1. The van der Waals surface area contributed by atoms with Gasteiger partial charge < -0.3 is 15.5 Å². The van der Waals surface area contributed by atoms with E-state index in [-0.39, 0.29) is 24.2 Å². The molecular formula is C17H24ClN3O2. The van der Waals surface area contributed by atoms with Crippen molar-refractivity contribution in [3.63, 3.8) is 0 Å². The molecule has 0 aliphatic carbocycles. The molecule has 5 nitrogen and oxygen atoms in total. The molecule has 3 rings (SSSR count). The molecule has 0 saturated carbocycles. The number of hydrogen-bond donors (Lipinski definition) is 2. The topological polar surface area (TPSA) is 61.4 Å². The van der Waals surface area contributed by atoms with Gasteiger partial charge in [0, 0.05) is 30.8 Å². The van der Waals surface area contributed by atoms with Gasteiger partial charge in [-0.1, -0.05) is 6.07 Å². The highest BCUT2D eigenvalue weighted by atomic mass is 35.5. The maximum atomic E-state index is 12.2. The maximum Gasteiger partial charge on any atom is 0.227 e. The van der Waals surface area contributed by atoms with Crippen molar-refractivity contribution in [3.05, 3.63) is 24.3 Å². The van der Waals surface area contributed by atoms with E-state index in [2.05, 4.69) is 10.6 Å². The zero-order valence-corrected chi connectivity index (χ0v) is 14.0. The minimum absolute atomic E-state index is 0. The molecule has 0 atom stereocenters. The van der Waals surface area contributed by atoms with Crippen LogP contribution in [0.4, 0.5) is 11.4 Å². The first-order chi connectivity index (χ1) is 10.7. The molecule has 2 N–H and O–H groups in total. The van der Waals surface area contributed by atoms with Gasteiger partial charge in [0.25, 0.3) is 0 Å². The van der Waals surface area contributed by atoms with Crippen molar-refractivity contribution < 1.29 is 9.59 Å². The Morgan fingerprint density at radius 3 is 2.78 bits per heavy atom. The van der Waals surface area contributed by atoms with Crippen molar-refractivity contribution in [2.75, 3.05) is 29.9 Å². The fourth-order valence-corrected chi connectivity index (χ4v) is 3.23. The molecule has 0 radical (unpaired) electrons. The standard InChI is InChI=1S/C17H23N3O2.ClH/c21-16(11-13-6-8-18-9-7-13)19-14-3-1-4-15(12-14)20-10-2-5-17(20)22;/h1,3-4,12-13,18H,2,5-11H2,(H,19,21);1H. The number of anilines is 2. The summed E-state index contributed by atoms with van der Waals surface area (Å²) < 4.78 is 0. The zero-order chi connectivity index (χ0) is 15.4. The summed E-state index contributed by atoms with van der Waals surface area (Å²) in [7, 11) is 0. The predicted octanol–water partition coefficient (Wildman–Crippen LogP) is 2.56. The summed E-state index contributed by atoms with van der Waals surface area (Å²) in [4.78, 5) is 25.8. The van der Waals surface area contributed by atoms with Crippen LogP contribution in [0.15, 0.2) is 24.3 Å². The van der Waals surface area contributed by atoms with Gasteiger partial charge in [0.1, 0.15) is 0 Å². The number of carbonyl (C=O) groups is 2. The second kappa shape index (κ2) is 8.31. The molecule has 0 unspecified atom stereocenters. The van der Waals surface area contributed by atoms with Gasteiger partial charge in [0.2, 0.25) is 11.8 Å². The van der Waals surface area contributed by atoms with Gasteiger partial charge in [-0.2, -0.15) is 0 Å². The quantitative estimate of drug-likeness (QED) is 0.887. The molecule has 0 bridgehead atoms. The number of nitrogens with one attached hydrogen (secondary N) is 2. The third kappa shape index (κ3) is 4.69. The Morgan fingerprint density at radius 1 is 1.30 bits per heavy atom. The third-order valence-corrected chi connectivity index (χ3v) is 4.45. The molecular weight excluding hydrogens is 314 g/mol. The summed E-state index contributed by atoms with van der Waals surface area (Å²) in [6, 6.07) is 7.58. The number of piperidine rings is 1. The van der Waals surface area contributed by atoms with Crippen molar-refractivity contribution in [2.45, 2.75) is 32.1 Å². The highest BCUT2D eigenvalue weighted by molar-refractivity contribution is 5.97. The van der Waals surface area contributed by atoms with Gasteiger partial charge in [-0.25, -0.2) is 0 Å². The lowest BCUT2D eigenvalue weighted by Crippen LogP contribution is -2.30. The van der Waals surface area contributed by atoms with E-state index in [9.17, 15) is 9.59 Å². The molecule has 126 valence electrons. The van der Waals surface area contributed by atoms with Gasteiger partial charge in [-0.3, -0.25) is 9.59 Å². The van der Waals surface area contributed by atoms with E-state index in [1.165, 1.54) is 0 Å². The molecule has 0 spiro atoms. The third-order valence-electron chi connectivity index (χ3n) is 4.45. The SMILES string of the molecule is Cl.O=C(CC1CCNCC1)Nc1cccc(N2CCCC2=O)c1. The largest absolute Gasteiger partial charge is 0.326 e. The van der Waals surface area contributed by atoms with Crippen molar-refractivity contribution in [1.29, 1.82) is 0 Å². The summed E-state index contributed by atoms with van der Waals surface area (Å²) in [5.41, 5.74) is 1.65. The minimum atomic E-state index is 0. The number of carbonyl (C=O) groups excluding carboxylic acids is 2. The monoisotopic (exact) mass is 337 g/mol. The number of amides is 2. The van der Waals surface area contributed by atoms with Crippen LogP contribution in [-0.2, 0) is 9.59 Å². The Balaban J connectivity index is 0.00000192. The molecule has 0 aromatic heterocycles. The van der Waals surface area contributed by atoms with E-state index in [0.29, 0.717) is 18.8 Å². The molecule has 2 saturated heterocycles. The predicted molar refractivity (Wildman–Crippen MR) is 94.1 cm³/mol. The van der Waals surface area contributed by atoms with Crippen molar-refractivity contribution in [3.8, 4) is 0 Å². The van der Waals surface area contributed by atoms with Crippen LogP contribution < -0.4 is 15.5 Å². The van der Waals surface area contributed by atoms with E-state index in [4.69, 9.17) is 0 Å². The Labute approximate surface area is 143 Å². The number of rotatable bonds is 4. The van der Waals surface area contributed by atoms with E-state index in [1.54, 1.807) is 4.90 Å². The summed E-state index contributed by atoms with van der Waals surface area (Å²) in [5, 5.41) is 6.28. The lowest BCUT2D eigenvalue weighted by Gasteiger charge is -2.22. The summed E-state index contributed by atoms with van der Waals surface area (Å²) in [5.74, 6) is 0.708. The van der Waals surface area contributed by atoms with E-state index in [1.807, 2.05) is 24.3 Å². The summed E-state index contributed by atoms with van der Waals surface area (Å²) >= 11 is 0. The molecule has 23 heavy (non-hydrogen) atoms. The molecule has 6 heteroatoms. The van der Waals surface area contributed by atoms with Gasteiger partial charge in [0.15, 0.2) is 0 Å². The van der Waals surface area contributed by atoms with Gasteiger partial charge in [0.05, 0.1) is 0 Å². The van der Waals surface area contributed by atoms with Crippen LogP contribution in [0.25, 0.3) is 0 Å². The van der Waals surface area contributed by atoms with Crippen LogP contribution in [0.3, 0.4) is 0 Å². The first kappa shape index (κ1) is 17.8. The van der Waals surface area contributed by atoms with Crippen LogP contribution in [0.1, 0.15) is 32.1 Å². The molecule has 2 amide bonds. The van der Waals surface area contributed by atoms with Crippen molar-refractivity contribution in [2.24, 2.45) is 5.92 Å². The van der Waals surface area contributed by atoms with Crippen LogP contribution in [-0.4, -0.2) is 31.4 Å². The highest BCUT2D eigenvalue weighted by Gasteiger charge is 2.22. The number of benzene rings is 1. The Bertz CT molecular complexity index is 559. The van der Waals surface area contributed by atoms with Crippen LogP contribution in [0, 0.1) is 5.92 Å². The van der Waals surface area contributed by atoms with E-state index < -0.39 is 0 Å². The van der Waals surface area contributed by atoms with Crippen molar-refractivity contribution in [1.82, 2.24) is 5.32 Å². The Hall–Kier alpha value is -1.59. The Kier molecular flexibility index (Phi) is 6.42. The van der Waals surface area contributed by atoms with Crippen LogP contribution >= 0.6 is 12.4 Å². The fourth-order valence-electron chi connectivity index (χ4n) is 3.23. The average molecular weight is 338 g/mol. The van der Waals surface area contributed by atoms with Crippen LogP contribution in [0.5, 0.6) is 0 Å². The molecule has 2 fully saturated rings. The fraction of sp³-hybridized carbons (Fsp3) is 0.529. The molecule has 2 aliphatic rings. The first-order valence-electron chi connectivity index (χ1n) is 8.13. The maximum absolute atomic E-state index is 12.2. The number of nitrogens with zero attached hydrogens (tertiary/aromatic N) is 1. The van der Waals surface area contributed by atoms with E-state index >= 15 is 0 Å². The summed E-state index contributed by atoms with van der Waals surface area (Å²) in [6.45, 7) is 2.78. The highest BCUT2D eigenvalue weighted by Crippen LogP contribution is 2.25. The molecule has 2 heterocycles. The zero-order valence-electron chi connectivity index (χ0n) is 13.2. The first-order valence-corrected chi connectivity index (χ1v) is 8.13. The smallest absolute Gasteiger partial charge is 0.227 e. The number of hydrogen-bond acceptors (Lipinski definition) is 3. The second-order valence-corrected chi connectivity index (χ2v) is 6.14. The molecule has 1 aromatic carbocycles. The molecule has 2 aliphatic heterocycles. The minimum Gasteiger partial charge on any atom is -0.326 e. The lowest BCUT2D eigenvalue weighted by molar-refractivity contribution is -0.117. The van der Waals surface area contributed by atoms with E-state index in [0.717, 1.165) is 50.3 Å². The summed E-state index contributed by atoms with van der Waals surface area (Å²) in [6.07, 6.45) is 4.23. The molecule has 1 aromatic rings. The van der Waals surface area contributed by atoms with Gasteiger partial charge in [-0.15, -0.1) is 12.4 Å². The van der Waals surface area contributed by atoms with Gasteiger partial charge in [-0.05, 0) is 56.5 Å². The van der Waals surface area contributed by atoms with Crippen LogP contribution in [0.2, 0.25) is 0 Å². The second-order valence-electron chi connectivity index (χ2n) is 6.14. The van der Waals surface area contributed by atoms with Crippen molar-refractivity contribution >= 4 is 35.6 Å². The Morgan fingerprint density at radius 2 is 2.09 bits per heavy atom. The lowest BCUT2D eigenvalue weighted by atomic mass is 9.94. The average Bonchev–Trinajstić information content (AvgIpc) is 2.94.